The quantitative estimate of drug-likeness (QED) is 0.0994. The average molecular weight is 777 g/mol. The monoisotopic (exact) mass is 776 g/mol. The lowest BCUT2D eigenvalue weighted by atomic mass is 9.87. The summed E-state index contributed by atoms with van der Waals surface area (Å²) in [5, 5.41) is 3.31. The zero-order valence-electron chi connectivity index (χ0n) is 33.9. The van der Waals surface area contributed by atoms with Gasteiger partial charge in [0, 0.05) is 0 Å². The van der Waals surface area contributed by atoms with Gasteiger partial charge in [0.25, 0.3) is 0 Å². The first-order chi connectivity index (χ1) is 26.5. The molecule has 0 amide bonds. The lowest BCUT2D eigenvalue weighted by Crippen LogP contribution is -2.45. The van der Waals surface area contributed by atoms with Crippen LogP contribution in [0.25, 0.3) is 0 Å². The van der Waals surface area contributed by atoms with Crippen molar-refractivity contribution in [1.29, 1.82) is 0 Å². The first-order valence-corrected chi connectivity index (χ1v) is 17.9. The Morgan fingerprint density at radius 2 is 0.946 bits per heavy atom. The number of nitrogens with zero attached hydrogens (tertiary/aromatic N) is 1. The molecule has 4 aromatic carbocycles. The third kappa shape index (κ3) is 10.6. The minimum atomic E-state index is -0.461. The summed E-state index contributed by atoms with van der Waals surface area (Å²) in [5.74, 6) is 1.58. The molecule has 0 spiro atoms. The number of methoxy groups -OCH3 is 6. The summed E-state index contributed by atoms with van der Waals surface area (Å²) in [4.78, 5) is 27.6. The van der Waals surface area contributed by atoms with E-state index in [0.717, 1.165) is 24.0 Å². The summed E-state index contributed by atoms with van der Waals surface area (Å²) in [7, 11) is 14.9. The molecule has 12 nitrogen and oxygen atoms in total. The van der Waals surface area contributed by atoms with Crippen LogP contribution in [0.15, 0.2) is 84.9 Å². The highest BCUT2D eigenvalue weighted by Crippen LogP contribution is 2.40. The molecule has 0 saturated heterocycles. The predicted octanol–water partition coefficient (Wildman–Crippen LogP) is 7.77. The fourth-order valence-electron chi connectivity index (χ4n) is 6.32. The Bertz CT molecular complexity index is 1760. The number of carbonyl (C=O) groups excluding carboxylic acids is 2. The highest BCUT2D eigenvalue weighted by atomic mass is 16.5. The summed E-state index contributed by atoms with van der Waals surface area (Å²) in [6.07, 6.45) is 1.54. The largest absolute Gasteiger partial charge is 0.493 e. The van der Waals surface area contributed by atoms with Crippen LogP contribution < -0.4 is 33.7 Å². The average Bonchev–Trinajstić information content (AvgIpc) is 3.23. The molecule has 0 bridgehead atoms. The van der Waals surface area contributed by atoms with Crippen LogP contribution in [0.5, 0.6) is 34.5 Å². The molecule has 0 aliphatic carbocycles. The highest BCUT2D eigenvalue weighted by molar-refractivity contribution is 5.92. The number of ether oxygens (including phenoxy) is 8. The zero-order valence-corrected chi connectivity index (χ0v) is 33.9. The van der Waals surface area contributed by atoms with E-state index in [2.05, 4.69) is 36.2 Å². The van der Waals surface area contributed by atoms with Gasteiger partial charge in [-0.15, -0.1) is 0 Å². The Balaban J connectivity index is 0.000000380. The predicted molar refractivity (Wildman–Crippen MR) is 219 cm³/mol. The zero-order chi connectivity index (χ0) is 40.6. The number of carbonyl (C=O) groups is 2. The van der Waals surface area contributed by atoms with Gasteiger partial charge in [0.2, 0.25) is 11.5 Å². The highest BCUT2D eigenvalue weighted by Gasteiger charge is 2.35. The summed E-state index contributed by atoms with van der Waals surface area (Å²) < 4.78 is 43.2. The maximum atomic E-state index is 12.8. The third-order valence-corrected chi connectivity index (χ3v) is 9.85. The molecular weight excluding hydrogens is 716 g/mol. The molecule has 0 aromatic heterocycles. The second kappa shape index (κ2) is 22.2. The van der Waals surface area contributed by atoms with Crippen molar-refractivity contribution in [2.45, 2.75) is 45.2 Å². The molecule has 0 saturated carbocycles. The molecule has 1 N–H and O–H groups in total. The van der Waals surface area contributed by atoms with Crippen molar-refractivity contribution in [2.24, 2.45) is 0 Å². The second-order valence-electron chi connectivity index (χ2n) is 12.7. The lowest BCUT2D eigenvalue weighted by molar-refractivity contribution is 0.0119. The van der Waals surface area contributed by atoms with Gasteiger partial charge in [0.15, 0.2) is 23.0 Å². The first-order valence-electron chi connectivity index (χ1n) is 17.9. The molecular formula is C44H60N2O10. The maximum absolute atomic E-state index is 12.8. The topological polar surface area (TPSA) is 123 Å². The van der Waals surface area contributed by atoms with Gasteiger partial charge in [0.05, 0.1) is 64.9 Å². The standard InChI is InChI=1S/C22H29NO5.C21H27NO5.CH4/c1-7-22(23(2)3,17-11-9-8-10-12-17)15-28-21(24)16-13-18(25-4)20(27-6)19(14-16)26-5;1-6-21(22-2,16-10-8-7-9-11-16)14-27-20(23)15-12-17(24-3)19(26-5)18(13-15)25-4;/h8-14H,7,15H2,1-6H3;7-13,22H,6,14H2,1-5H3;1H4. The van der Waals surface area contributed by atoms with Crippen molar-refractivity contribution >= 4 is 11.9 Å². The van der Waals surface area contributed by atoms with Crippen molar-refractivity contribution in [2.75, 3.05) is 77.0 Å². The van der Waals surface area contributed by atoms with Crippen molar-refractivity contribution in [3.63, 3.8) is 0 Å². The normalized spacial score (nSPS) is 12.6. The number of hydrogen-bond donors (Lipinski definition) is 1. The smallest absolute Gasteiger partial charge is 0.338 e. The molecule has 2 atom stereocenters. The molecule has 4 aromatic rings. The van der Waals surface area contributed by atoms with Gasteiger partial charge in [-0.1, -0.05) is 81.9 Å². The first kappa shape index (κ1) is 46.7. The molecule has 0 heterocycles. The SMILES string of the molecule is C.CCC(COC(=O)c1cc(OC)c(OC)c(OC)c1)(NC)c1ccccc1.CCC(COC(=O)c1cc(OC)c(OC)c(OC)c1)(c1ccccc1)N(C)C. The van der Waals surface area contributed by atoms with E-state index in [1.165, 1.54) is 42.7 Å². The molecule has 2 unspecified atom stereocenters. The maximum Gasteiger partial charge on any atom is 0.338 e. The number of likely N-dealkylation sites (N-methyl/N-ethyl adjacent to an activating group) is 2. The van der Waals surface area contributed by atoms with E-state index >= 15 is 0 Å². The van der Waals surface area contributed by atoms with Crippen molar-refractivity contribution in [3.05, 3.63) is 107 Å². The van der Waals surface area contributed by atoms with E-state index in [1.54, 1.807) is 24.3 Å². The van der Waals surface area contributed by atoms with E-state index in [-0.39, 0.29) is 20.6 Å². The summed E-state index contributed by atoms with van der Waals surface area (Å²) in [5.41, 5.74) is 1.95. The number of esters is 2. The molecule has 56 heavy (non-hydrogen) atoms. The van der Waals surface area contributed by atoms with Crippen LogP contribution in [0, 0.1) is 0 Å². The van der Waals surface area contributed by atoms with E-state index in [9.17, 15) is 9.59 Å². The Morgan fingerprint density at radius 1 is 0.571 bits per heavy atom. The number of benzene rings is 4. The van der Waals surface area contributed by atoms with Crippen LogP contribution in [0.4, 0.5) is 0 Å². The van der Waals surface area contributed by atoms with Gasteiger partial charge in [-0.25, -0.2) is 9.59 Å². The van der Waals surface area contributed by atoms with Gasteiger partial charge in [-0.05, 0) is 69.4 Å². The molecule has 4 rings (SSSR count). The second-order valence-corrected chi connectivity index (χ2v) is 12.7. The lowest BCUT2D eigenvalue weighted by Gasteiger charge is -2.39. The molecule has 12 heteroatoms. The molecule has 0 aliphatic heterocycles. The summed E-state index contributed by atoms with van der Waals surface area (Å²) in [6.45, 7) is 4.55. The third-order valence-electron chi connectivity index (χ3n) is 9.85. The van der Waals surface area contributed by atoms with Crippen molar-refractivity contribution < 1.29 is 47.5 Å². The fourth-order valence-corrected chi connectivity index (χ4v) is 6.32. The van der Waals surface area contributed by atoms with Crippen LogP contribution in [0.3, 0.4) is 0 Å². The van der Waals surface area contributed by atoms with Gasteiger partial charge >= 0.3 is 11.9 Å². The molecule has 0 fully saturated rings. The van der Waals surface area contributed by atoms with Gasteiger partial charge in [-0.3, -0.25) is 4.90 Å². The van der Waals surface area contributed by atoms with Crippen LogP contribution >= 0.6 is 0 Å². The fraction of sp³-hybridized carbons (Fsp3) is 0.409. The van der Waals surface area contributed by atoms with E-state index < -0.39 is 23.0 Å². The minimum absolute atomic E-state index is 0. The van der Waals surface area contributed by atoms with Crippen LogP contribution in [-0.4, -0.2) is 93.9 Å². The van der Waals surface area contributed by atoms with Crippen LogP contribution in [-0.2, 0) is 20.6 Å². The van der Waals surface area contributed by atoms with Crippen molar-refractivity contribution in [3.8, 4) is 34.5 Å². The minimum Gasteiger partial charge on any atom is -0.493 e. The van der Waals surface area contributed by atoms with E-state index in [1.807, 2.05) is 69.7 Å². The van der Waals surface area contributed by atoms with Gasteiger partial charge in [-0.2, -0.15) is 0 Å². The number of hydrogen-bond acceptors (Lipinski definition) is 12. The molecule has 306 valence electrons. The van der Waals surface area contributed by atoms with Gasteiger partial charge in [0.1, 0.15) is 13.2 Å². The number of nitrogens with one attached hydrogen (secondary N) is 1. The Morgan fingerprint density at radius 3 is 1.25 bits per heavy atom. The van der Waals surface area contributed by atoms with Crippen LogP contribution in [0.2, 0.25) is 0 Å². The van der Waals surface area contributed by atoms with E-state index in [0.29, 0.717) is 45.6 Å². The van der Waals surface area contributed by atoms with E-state index in [4.69, 9.17) is 37.9 Å². The van der Waals surface area contributed by atoms with Crippen LogP contribution in [0.1, 0.15) is 66.0 Å². The number of rotatable bonds is 18. The Hall–Kier alpha value is -5.46. The summed E-state index contributed by atoms with van der Waals surface area (Å²) >= 11 is 0. The van der Waals surface area contributed by atoms with Gasteiger partial charge < -0.3 is 43.2 Å². The van der Waals surface area contributed by atoms with Crippen molar-refractivity contribution in [1.82, 2.24) is 10.2 Å². The Labute approximate surface area is 332 Å². The summed E-state index contributed by atoms with van der Waals surface area (Å²) in [6, 6.07) is 26.4. The Kier molecular flexibility index (Phi) is 18.5. The molecule has 0 aliphatic rings. The molecule has 0 radical (unpaired) electrons.